The van der Waals surface area contributed by atoms with Gasteiger partial charge < -0.3 is 5.32 Å². The van der Waals surface area contributed by atoms with E-state index in [-0.39, 0.29) is 5.82 Å². The van der Waals surface area contributed by atoms with Crippen LogP contribution in [0.5, 0.6) is 0 Å². The number of benzene rings is 1. The summed E-state index contributed by atoms with van der Waals surface area (Å²) in [6.45, 7) is 4.84. The predicted molar refractivity (Wildman–Crippen MR) is 74.0 cm³/mol. The lowest BCUT2D eigenvalue weighted by atomic mass is 9.84. The molecule has 0 aromatic heterocycles. The molecule has 1 nitrogen and oxygen atoms in total. The largest absolute Gasteiger partial charge is 0.310 e. The molecule has 1 N–H and O–H groups in total. The van der Waals surface area contributed by atoms with Crippen molar-refractivity contribution < 1.29 is 4.39 Å². The van der Waals surface area contributed by atoms with E-state index in [9.17, 15) is 4.39 Å². The van der Waals surface area contributed by atoms with E-state index in [4.69, 9.17) is 0 Å². The van der Waals surface area contributed by atoms with E-state index in [1.54, 1.807) is 13.0 Å². The third kappa shape index (κ3) is 3.55. The number of halogens is 1. The standard InChI is InChI=1S/C16H24FN/c1-12-8-9-14(10-16(12)17)11-18-13(2)15-6-4-3-5-7-15/h8-10,13,15,18H,3-7,11H2,1-2H3/t13-/m0/s1. The van der Waals surface area contributed by atoms with Gasteiger partial charge in [0, 0.05) is 12.6 Å². The molecule has 0 bridgehead atoms. The van der Waals surface area contributed by atoms with Crippen molar-refractivity contribution in [2.45, 2.75) is 58.5 Å². The van der Waals surface area contributed by atoms with Crippen LogP contribution in [-0.4, -0.2) is 6.04 Å². The summed E-state index contributed by atoms with van der Waals surface area (Å²) in [5, 5.41) is 3.55. The van der Waals surface area contributed by atoms with Gasteiger partial charge in [-0.1, -0.05) is 31.4 Å². The summed E-state index contributed by atoms with van der Waals surface area (Å²) in [5.41, 5.74) is 1.76. The molecule has 0 amide bonds. The van der Waals surface area contributed by atoms with E-state index in [0.717, 1.165) is 23.6 Å². The number of hydrogen-bond acceptors (Lipinski definition) is 1. The summed E-state index contributed by atoms with van der Waals surface area (Å²) in [5.74, 6) is 0.702. The molecule has 0 heterocycles. The second-order valence-corrected chi connectivity index (χ2v) is 5.65. The minimum Gasteiger partial charge on any atom is -0.310 e. The molecule has 0 saturated heterocycles. The Bertz CT molecular complexity index is 383. The van der Waals surface area contributed by atoms with Crippen LogP contribution in [0.4, 0.5) is 4.39 Å². The van der Waals surface area contributed by atoms with Crippen LogP contribution in [0.25, 0.3) is 0 Å². The molecule has 18 heavy (non-hydrogen) atoms. The Hall–Kier alpha value is -0.890. The van der Waals surface area contributed by atoms with Gasteiger partial charge in [-0.15, -0.1) is 0 Å². The average molecular weight is 249 g/mol. The van der Waals surface area contributed by atoms with E-state index < -0.39 is 0 Å². The second-order valence-electron chi connectivity index (χ2n) is 5.65. The van der Waals surface area contributed by atoms with Gasteiger partial charge in [0.25, 0.3) is 0 Å². The molecule has 0 spiro atoms. The van der Waals surface area contributed by atoms with E-state index in [1.165, 1.54) is 32.1 Å². The van der Waals surface area contributed by atoms with Crippen LogP contribution in [0, 0.1) is 18.7 Å². The molecule has 100 valence electrons. The third-order valence-corrected chi connectivity index (χ3v) is 4.22. The topological polar surface area (TPSA) is 12.0 Å². The molecule has 1 atom stereocenters. The van der Waals surface area contributed by atoms with E-state index in [1.807, 2.05) is 12.1 Å². The highest BCUT2D eigenvalue weighted by molar-refractivity contribution is 5.23. The normalized spacial score (nSPS) is 18.8. The zero-order valence-corrected chi connectivity index (χ0v) is 11.5. The first-order valence-corrected chi connectivity index (χ1v) is 7.15. The molecule has 1 saturated carbocycles. The Morgan fingerprint density at radius 3 is 2.67 bits per heavy atom. The van der Waals surface area contributed by atoms with Gasteiger partial charge in [0.2, 0.25) is 0 Å². The first-order chi connectivity index (χ1) is 8.66. The van der Waals surface area contributed by atoms with Crippen molar-refractivity contribution >= 4 is 0 Å². The molecule has 2 heteroatoms. The van der Waals surface area contributed by atoms with Crippen LogP contribution in [0.1, 0.15) is 50.2 Å². The van der Waals surface area contributed by atoms with Gasteiger partial charge in [-0.2, -0.15) is 0 Å². The molecule has 1 aliphatic carbocycles. The van der Waals surface area contributed by atoms with Crippen LogP contribution >= 0.6 is 0 Å². The zero-order valence-electron chi connectivity index (χ0n) is 11.5. The van der Waals surface area contributed by atoms with E-state index in [2.05, 4.69) is 12.2 Å². The fraction of sp³-hybridized carbons (Fsp3) is 0.625. The zero-order chi connectivity index (χ0) is 13.0. The Morgan fingerprint density at radius 2 is 2.00 bits per heavy atom. The molecule has 1 aromatic rings. The maximum absolute atomic E-state index is 13.4. The molecule has 1 aliphatic rings. The molecule has 2 rings (SSSR count). The first-order valence-electron chi connectivity index (χ1n) is 7.15. The fourth-order valence-electron chi connectivity index (χ4n) is 2.83. The molecule has 0 unspecified atom stereocenters. The fourth-order valence-corrected chi connectivity index (χ4v) is 2.83. The van der Waals surface area contributed by atoms with Crippen molar-refractivity contribution in [1.29, 1.82) is 0 Å². The summed E-state index contributed by atoms with van der Waals surface area (Å²) in [6.07, 6.45) is 6.82. The summed E-state index contributed by atoms with van der Waals surface area (Å²) in [6, 6.07) is 6.06. The minimum atomic E-state index is -0.0976. The van der Waals surface area contributed by atoms with Crippen molar-refractivity contribution in [3.05, 3.63) is 35.1 Å². The smallest absolute Gasteiger partial charge is 0.126 e. The highest BCUT2D eigenvalue weighted by Crippen LogP contribution is 2.26. The van der Waals surface area contributed by atoms with Gasteiger partial charge >= 0.3 is 0 Å². The van der Waals surface area contributed by atoms with Crippen molar-refractivity contribution in [3.63, 3.8) is 0 Å². The lowest BCUT2D eigenvalue weighted by Gasteiger charge is -2.28. The maximum Gasteiger partial charge on any atom is 0.126 e. The molecule has 0 aliphatic heterocycles. The molecule has 1 fully saturated rings. The molecule has 1 aromatic carbocycles. The van der Waals surface area contributed by atoms with Gasteiger partial charge in [-0.25, -0.2) is 4.39 Å². The number of hydrogen-bond donors (Lipinski definition) is 1. The van der Waals surface area contributed by atoms with Crippen LogP contribution in [0.3, 0.4) is 0 Å². The molecular weight excluding hydrogens is 225 g/mol. The number of aryl methyl sites for hydroxylation is 1. The monoisotopic (exact) mass is 249 g/mol. The van der Waals surface area contributed by atoms with Crippen LogP contribution < -0.4 is 5.32 Å². The maximum atomic E-state index is 13.4. The summed E-state index contributed by atoms with van der Waals surface area (Å²) >= 11 is 0. The highest BCUT2D eigenvalue weighted by Gasteiger charge is 2.19. The SMILES string of the molecule is Cc1ccc(CN[C@@H](C)C2CCCCC2)cc1F. The molecular formula is C16H24FN. The van der Waals surface area contributed by atoms with E-state index >= 15 is 0 Å². The average Bonchev–Trinajstić information content (AvgIpc) is 2.41. The second kappa shape index (κ2) is 6.33. The summed E-state index contributed by atoms with van der Waals surface area (Å²) in [7, 11) is 0. The predicted octanol–water partition coefficient (Wildman–Crippen LogP) is 4.19. The van der Waals surface area contributed by atoms with Gasteiger partial charge in [-0.05, 0) is 49.8 Å². The van der Waals surface area contributed by atoms with Crippen LogP contribution in [-0.2, 0) is 6.54 Å². The Labute approximate surface area is 110 Å². The third-order valence-electron chi connectivity index (χ3n) is 4.22. The Morgan fingerprint density at radius 1 is 1.28 bits per heavy atom. The van der Waals surface area contributed by atoms with Crippen molar-refractivity contribution in [2.75, 3.05) is 0 Å². The lowest BCUT2D eigenvalue weighted by Crippen LogP contribution is -2.34. The quantitative estimate of drug-likeness (QED) is 0.843. The van der Waals surface area contributed by atoms with Crippen molar-refractivity contribution in [1.82, 2.24) is 5.32 Å². The van der Waals surface area contributed by atoms with Gasteiger partial charge in [0.05, 0.1) is 0 Å². The van der Waals surface area contributed by atoms with E-state index in [0.29, 0.717) is 6.04 Å². The summed E-state index contributed by atoms with van der Waals surface area (Å²) in [4.78, 5) is 0. The lowest BCUT2D eigenvalue weighted by molar-refractivity contribution is 0.280. The van der Waals surface area contributed by atoms with Crippen LogP contribution in [0.2, 0.25) is 0 Å². The van der Waals surface area contributed by atoms with Crippen molar-refractivity contribution in [3.8, 4) is 0 Å². The Kier molecular flexibility index (Phi) is 4.76. The summed E-state index contributed by atoms with van der Waals surface area (Å²) < 4.78 is 13.4. The number of rotatable bonds is 4. The van der Waals surface area contributed by atoms with Gasteiger partial charge in [0.1, 0.15) is 5.82 Å². The minimum absolute atomic E-state index is 0.0976. The first kappa shape index (κ1) is 13.5. The highest BCUT2D eigenvalue weighted by atomic mass is 19.1. The molecule has 0 radical (unpaired) electrons. The van der Waals surface area contributed by atoms with Crippen molar-refractivity contribution in [2.24, 2.45) is 5.92 Å². The Balaban J connectivity index is 1.84. The van der Waals surface area contributed by atoms with Crippen LogP contribution in [0.15, 0.2) is 18.2 Å². The number of nitrogens with one attached hydrogen (secondary N) is 1. The van der Waals surface area contributed by atoms with Gasteiger partial charge in [-0.3, -0.25) is 0 Å². The van der Waals surface area contributed by atoms with Gasteiger partial charge in [0.15, 0.2) is 0 Å².